The van der Waals surface area contributed by atoms with Crippen LogP contribution in [0.1, 0.15) is 20.8 Å². The van der Waals surface area contributed by atoms with Crippen LogP contribution >= 0.6 is 11.9 Å². The lowest BCUT2D eigenvalue weighted by Gasteiger charge is -2.13. The standard InChI is InChI=1S/C8H18N2O2S/c1-6(2)13-10-7(3)8(11)12-5-4-9/h6-7,10H,4-5,9H2,1-3H3. The van der Waals surface area contributed by atoms with Gasteiger partial charge in [-0.15, -0.1) is 0 Å². The number of carbonyl (C=O) groups excluding carboxylic acids is 1. The van der Waals surface area contributed by atoms with Gasteiger partial charge in [-0.05, 0) is 6.92 Å². The first-order valence-electron chi connectivity index (χ1n) is 4.35. The van der Waals surface area contributed by atoms with Crippen LogP contribution in [0, 0.1) is 0 Å². The molecule has 0 saturated heterocycles. The highest BCUT2D eigenvalue weighted by Crippen LogP contribution is 2.05. The Labute approximate surface area is 83.7 Å². The Balaban J connectivity index is 3.57. The Morgan fingerprint density at radius 2 is 2.15 bits per heavy atom. The zero-order valence-electron chi connectivity index (χ0n) is 8.37. The van der Waals surface area contributed by atoms with E-state index in [1.165, 1.54) is 11.9 Å². The number of ether oxygens (including phenoxy) is 1. The highest BCUT2D eigenvalue weighted by Gasteiger charge is 2.13. The predicted octanol–water partition coefficient (Wildman–Crippen LogP) is 0.523. The molecule has 0 rings (SSSR count). The van der Waals surface area contributed by atoms with Crippen LogP contribution in [0.2, 0.25) is 0 Å². The van der Waals surface area contributed by atoms with Crippen molar-refractivity contribution in [3.63, 3.8) is 0 Å². The average molecular weight is 206 g/mol. The first kappa shape index (κ1) is 12.7. The molecule has 0 heterocycles. The van der Waals surface area contributed by atoms with Crippen LogP contribution in [0.4, 0.5) is 0 Å². The van der Waals surface area contributed by atoms with E-state index in [0.717, 1.165) is 0 Å². The van der Waals surface area contributed by atoms with Crippen molar-refractivity contribution in [1.29, 1.82) is 0 Å². The molecule has 0 spiro atoms. The molecule has 13 heavy (non-hydrogen) atoms. The number of nitrogens with two attached hydrogens (primary N) is 1. The summed E-state index contributed by atoms with van der Waals surface area (Å²) < 4.78 is 7.84. The summed E-state index contributed by atoms with van der Waals surface area (Å²) >= 11 is 1.52. The zero-order valence-corrected chi connectivity index (χ0v) is 9.19. The molecule has 0 aliphatic heterocycles. The van der Waals surface area contributed by atoms with Gasteiger partial charge in [-0.3, -0.25) is 9.52 Å². The first-order chi connectivity index (χ1) is 6.07. The van der Waals surface area contributed by atoms with Crippen LogP contribution in [0.5, 0.6) is 0 Å². The topological polar surface area (TPSA) is 64.3 Å². The van der Waals surface area contributed by atoms with Crippen molar-refractivity contribution in [3.8, 4) is 0 Å². The van der Waals surface area contributed by atoms with E-state index in [1.54, 1.807) is 6.92 Å². The molecule has 1 atom stereocenters. The molecule has 0 radical (unpaired) electrons. The minimum absolute atomic E-state index is 0.251. The van der Waals surface area contributed by atoms with Crippen LogP contribution < -0.4 is 10.5 Å². The van der Waals surface area contributed by atoms with E-state index in [0.29, 0.717) is 11.8 Å². The van der Waals surface area contributed by atoms with Crippen molar-refractivity contribution in [2.45, 2.75) is 32.1 Å². The molecule has 0 aromatic rings. The lowest BCUT2D eigenvalue weighted by Crippen LogP contribution is -2.32. The molecule has 1 unspecified atom stereocenters. The lowest BCUT2D eigenvalue weighted by atomic mass is 10.4. The number of esters is 1. The average Bonchev–Trinajstić information content (AvgIpc) is 2.10. The zero-order chi connectivity index (χ0) is 10.3. The maximum absolute atomic E-state index is 11.2. The maximum Gasteiger partial charge on any atom is 0.323 e. The predicted molar refractivity (Wildman–Crippen MR) is 55.3 cm³/mol. The summed E-state index contributed by atoms with van der Waals surface area (Å²) in [5.74, 6) is -0.251. The summed E-state index contributed by atoms with van der Waals surface area (Å²) in [6, 6.07) is -0.279. The molecule has 3 N–H and O–H groups in total. The molecule has 0 bridgehead atoms. The van der Waals surface area contributed by atoms with Gasteiger partial charge in [0.15, 0.2) is 0 Å². The Morgan fingerprint density at radius 1 is 1.54 bits per heavy atom. The van der Waals surface area contributed by atoms with Crippen molar-refractivity contribution in [2.24, 2.45) is 5.73 Å². The van der Waals surface area contributed by atoms with E-state index >= 15 is 0 Å². The van der Waals surface area contributed by atoms with Gasteiger partial charge >= 0.3 is 5.97 Å². The second-order valence-corrected chi connectivity index (χ2v) is 4.38. The van der Waals surface area contributed by atoms with Crippen molar-refractivity contribution >= 4 is 17.9 Å². The fraction of sp³-hybridized carbons (Fsp3) is 0.875. The van der Waals surface area contributed by atoms with Gasteiger partial charge in [0.2, 0.25) is 0 Å². The van der Waals surface area contributed by atoms with Gasteiger partial charge < -0.3 is 10.5 Å². The molecule has 0 saturated carbocycles. The minimum atomic E-state index is -0.279. The van der Waals surface area contributed by atoms with Crippen molar-refractivity contribution in [3.05, 3.63) is 0 Å². The molecule has 5 heteroatoms. The molecule has 0 amide bonds. The first-order valence-corrected chi connectivity index (χ1v) is 5.23. The summed E-state index contributed by atoms with van der Waals surface area (Å²) in [5.41, 5.74) is 5.20. The van der Waals surface area contributed by atoms with Gasteiger partial charge in [0, 0.05) is 11.8 Å². The summed E-state index contributed by atoms with van der Waals surface area (Å²) in [6.45, 7) is 6.53. The molecule has 4 nitrogen and oxygen atoms in total. The third-order valence-electron chi connectivity index (χ3n) is 1.20. The fourth-order valence-corrected chi connectivity index (χ4v) is 1.14. The van der Waals surface area contributed by atoms with Crippen LogP contribution in [0.25, 0.3) is 0 Å². The number of rotatable bonds is 6. The monoisotopic (exact) mass is 206 g/mol. The van der Waals surface area contributed by atoms with Crippen molar-refractivity contribution in [1.82, 2.24) is 4.72 Å². The molecule has 0 aromatic carbocycles. The van der Waals surface area contributed by atoms with Crippen molar-refractivity contribution in [2.75, 3.05) is 13.2 Å². The number of carbonyl (C=O) groups is 1. The van der Waals surface area contributed by atoms with E-state index in [-0.39, 0.29) is 18.6 Å². The normalized spacial score (nSPS) is 13.0. The third kappa shape index (κ3) is 6.86. The highest BCUT2D eigenvalue weighted by atomic mass is 32.2. The van der Waals surface area contributed by atoms with Crippen LogP contribution in [0.3, 0.4) is 0 Å². The number of hydrogen-bond acceptors (Lipinski definition) is 5. The van der Waals surface area contributed by atoms with Crippen LogP contribution in [0.15, 0.2) is 0 Å². The second kappa shape index (κ2) is 7.17. The molecular formula is C8H18N2O2S. The molecule has 0 aliphatic carbocycles. The van der Waals surface area contributed by atoms with Gasteiger partial charge in [-0.1, -0.05) is 25.8 Å². The number of hydrogen-bond donors (Lipinski definition) is 2. The number of nitrogens with one attached hydrogen (secondary N) is 1. The van der Waals surface area contributed by atoms with E-state index in [2.05, 4.69) is 18.6 Å². The van der Waals surface area contributed by atoms with Crippen LogP contribution in [-0.4, -0.2) is 30.4 Å². The van der Waals surface area contributed by atoms with Gasteiger partial charge in [0.25, 0.3) is 0 Å². The van der Waals surface area contributed by atoms with E-state index in [4.69, 9.17) is 10.5 Å². The van der Waals surface area contributed by atoms with E-state index in [1.807, 2.05) is 0 Å². The fourth-order valence-electron chi connectivity index (χ4n) is 0.571. The van der Waals surface area contributed by atoms with Crippen molar-refractivity contribution < 1.29 is 9.53 Å². The summed E-state index contributed by atoms with van der Waals surface area (Å²) in [7, 11) is 0. The van der Waals surface area contributed by atoms with Gasteiger partial charge in [0.1, 0.15) is 12.6 Å². The smallest absolute Gasteiger partial charge is 0.323 e. The van der Waals surface area contributed by atoms with Gasteiger partial charge in [0.05, 0.1) is 0 Å². The largest absolute Gasteiger partial charge is 0.463 e. The van der Waals surface area contributed by atoms with E-state index in [9.17, 15) is 4.79 Å². The summed E-state index contributed by atoms with van der Waals surface area (Å²) in [6.07, 6.45) is 0. The van der Waals surface area contributed by atoms with Gasteiger partial charge in [-0.25, -0.2) is 0 Å². The SMILES string of the molecule is CC(C)SNC(C)C(=O)OCCN. The Morgan fingerprint density at radius 3 is 2.62 bits per heavy atom. The molecule has 78 valence electrons. The Bertz CT molecular complexity index is 153. The third-order valence-corrected chi connectivity index (χ3v) is 2.16. The summed E-state index contributed by atoms with van der Waals surface area (Å²) in [4.78, 5) is 11.2. The quantitative estimate of drug-likeness (QED) is 0.490. The molecular weight excluding hydrogens is 188 g/mol. The molecule has 0 fully saturated rings. The molecule has 0 aromatic heterocycles. The van der Waals surface area contributed by atoms with Crippen LogP contribution in [-0.2, 0) is 9.53 Å². The second-order valence-electron chi connectivity index (χ2n) is 2.96. The Hall–Kier alpha value is -0.260. The van der Waals surface area contributed by atoms with Gasteiger partial charge in [-0.2, -0.15) is 0 Å². The minimum Gasteiger partial charge on any atom is -0.463 e. The molecule has 0 aliphatic rings. The highest BCUT2D eigenvalue weighted by molar-refractivity contribution is 7.98. The van der Waals surface area contributed by atoms with E-state index < -0.39 is 0 Å². The maximum atomic E-state index is 11.2. The Kier molecular flexibility index (Phi) is 7.03. The summed E-state index contributed by atoms with van der Waals surface area (Å²) in [5, 5.41) is 0.449. The lowest BCUT2D eigenvalue weighted by molar-refractivity contribution is -0.144.